The molecule has 25 heavy (non-hydrogen) atoms. The van der Waals surface area contributed by atoms with E-state index in [4.69, 9.17) is 11.6 Å². The summed E-state index contributed by atoms with van der Waals surface area (Å²) in [6.45, 7) is 11.6. The molecule has 0 aliphatic rings. The van der Waals surface area contributed by atoms with Crippen LogP contribution in [0.1, 0.15) is 44.5 Å². The van der Waals surface area contributed by atoms with Gasteiger partial charge < -0.3 is 9.47 Å². The van der Waals surface area contributed by atoms with Gasteiger partial charge in [-0.1, -0.05) is 43.7 Å². The smallest absolute Gasteiger partial charge is 0.240 e. The van der Waals surface area contributed by atoms with E-state index in [0.29, 0.717) is 12.5 Å². The largest absolute Gasteiger partial charge is 0.345 e. The van der Waals surface area contributed by atoms with Crippen LogP contribution in [0.2, 0.25) is 0 Å². The zero-order chi connectivity index (χ0) is 18.6. The van der Waals surface area contributed by atoms with Crippen molar-refractivity contribution >= 4 is 17.5 Å². The number of amides is 1. The highest BCUT2D eigenvalue weighted by molar-refractivity contribution is 6.30. The molecule has 0 aliphatic heterocycles. The highest BCUT2D eigenvalue weighted by Crippen LogP contribution is 2.19. The maximum atomic E-state index is 12.6. The molecule has 2 aromatic rings. The monoisotopic (exact) mass is 360 g/mol. The summed E-state index contributed by atoms with van der Waals surface area (Å²) >= 11 is 6.10. The number of halogens is 1. The van der Waals surface area contributed by atoms with Gasteiger partial charge in [0.05, 0.1) is 6.54 Å². The Kier molecular flexibility index (Phi) is 6.71. The molecule has 2 rings (SSSR count). The number of aromatic nitrogens is 1. The molecule has 0 radical (unpaired) electrons. The zero-order valence-electron chi connectivity index (χ0n) is 15.9. The lowest BCUT2D eigenvalue weighted by Crippen LogP contribution is -2.44. The lowest BCUT2D eigenvalue weighted by Gasteiger charge is -2.33. The van der Waals surface area contributed by atoms with E-state index >= 15 is 0 Å². The normalized spacial score (nSPS) is 13.7. The molecule has 0 fully saturated rings. The van der Waals surface area contributed by atoms with Crippen molar-refractivity contribution < 1.29 is 4.79 Å². The third-order valence-corrected chi connectivity index (χ3v) is 4.96. The first kappa shape index (κ1) is 19.6. The molecule has 1 aromatic heterocycles. The highest BCUT2D eigenvalue weighted by atomic mass is 35.5. The molecular weight excluding hydrogens is 332 g/mol. The van der Waals surface area contributed by atoms with Gasteiger partial charge in [-0.15, -0.1) is 11.6 Å². The minimum Gasteiger partial charge on any atom is -0.345 e. The van der Waals surface area contributed by atoms with E-state index in [2.05, 4.69) is 68.8 Å². The molecule has 0 N–H and O–H groups in total. The van der Waals surface area contributed by atoms with E-state index in [1.54, 1.807) is 6.92 Å². The van der Waals surface area contributed by atoms with Crippen LogP contribution in [0.4, 0.5) is 0 Å². The standard InChI is InChI=1S/C21H29ClN2O/c1-15(2)18(5)24(21(25)17(4)22)14-20-10-7-11-23(20)13-19-9-6-8-16(3)12-19/h6-12,15,17-18H,13-14H2,1-5H3. The van der Waals surface area contributed by atoms with Crippen molar-refractivity contribution in [3.05, 3.63) is 59.4 Å². The third kappa shape index (κ3) is 5.12. The molecule has 2 atom stereocenters. The second kappa shape index (κ2) is 8.57. The maximum absolute atomic E-state index is 12.6. The third-order valence-electron chi connectivity index (χ3n) is 4.77. The Labute approximate surface area is 156 Å². The minimum absolute atomic E-state index is 0.00817. The van der Waals surface area contributed by atoms with Gasteiger partial charge in [0, 0.05) is 24.5 Å². The lowest BCUT2D eigenvalue weighted by atomic mass is 10.0. The molecule has 136 valence electrons. The predicted molar refractivity (Wildman–Crippen MR) is 105 cm³/mol. The highest BCUT2D eigenvalue weighted by Gasteiger charge is 2.26. The van der Waals surface area contributed by atoms with Gasteiger partial charge in [-0.05, 0) is 44.4 Å². The van der Waals surface area contributed by atoms with Gasteiger partial charge in [-0.25, -0.2) is 0 Å². The van der Waals surface area contributed by atoms with Gasteiger partial charge in [0.2, 0.25) is 5.91 Å². The van der Waals surface area contributed by atoms with E-state index < -0.39 is 5.38 Å². The number of aryl methyl sites for hydroxylation is 1. The van der Waals surface area contributed by atoms with Crippen molar-refractivity contribution in [1.29, 1.82) is 0 Å². The lowest BCUT2D eigenvalue weighted by molar-refractivity contribution is -0.134. The molecule has 2 unspecified atom stereocenters. The van der Waals surface area contributed by atoms with Crippen LogP contribution in [0.25, 0.3) is 0 Å². The summed E-state index contributed by atoms with van der Waals surface area (Å²) in [4.78, 5) is 14.5. The van der Waals surface area contributed by atoms with Crippen LogP contribution in [0.5, 0.6) is 0 Å². The molecule has 0 saturated heterocycles. The van der Waals surface area contributed by atoms with E-state index in [-0.39, 0.29) is 11.9 Å². The first-order chi connectivity index (χ1) is 11.8. The van der Waals surface area contributed by atoms with Crippen LogP contribution < -0.4 is 0 Å². The molecule has 1 amide bonds. The molecule has 1 aromatic carbocycles. The van der Waals surface area contributed by atoms with Crippen LogP contribution in [0, 0.1) is 12.8 Å². The molecular formula is C21H29ClN2O. The average Bonchev–Trinajstić information content (AvgIpc) is 2.98. The summed E-state index contributed by atoms with van der Waals surface area (Å²) in [5.41, 5.74) is 3.64. The summed E-state index contributed by atoms with van der Waals surface area (Å²) in [6, 6.07) is 12.8. The van der Waals surface area contributed by atoms with Crippen LogP contribution in [-0.4, -0.2) is 26.8 Å². The fourth-order valence-corrected chi connectivity index (χ4v) is 3.07. The fraction of sp³-hybridized carbons (Fsp3) is 0.476. The first-order valence-electron chi connectivity index (χ1n) is 8.93. The number of rotatable bonds is 7. The number of hydrogen-bond acceptors (Lipinski definition) is 1. The molecule has 1 heterocycles. The number of nitrogens with zero attached hydrogens (tertiary/aromatic N) is 2. The van der Waals surface area contributed by atoms with E-state index in [1.165, 1.54) is 11.1 Å². The number of benzene rings is 1. The van der Waals surface area contributed by atoms with Crippen molar-refractivity contribution in [2.24, 2.45) is 5.92 Å². The van der Waals surface area contributed by atoms with Crippen LogP contribution >= 0.6 is 11.6 Å². The van der Waals surface area contributed by atoms with Crippen molar-refractivity contribution in [2.45, 2.75) is 59.1 Å². The Bertz CT molecular complexity index is 705. The Morgan fingerprint density at radius 3 is 2.48 bits per heavy atom. The van der Waals surface area contributed by atoms with Gasteiger partial charge >= 0.3 is 0 Å². The summed E-state index contributed by atoms with van der Waals surface area (Å²) in [7, 11) is 0. The Balaban J connectivity index is 2.23. The number of hydrogen-bond donors (Lipinski definition) is 0. The molecule has 0 spiro atoms. The second-order valence-corrected chi connectivity index (χ2v) is 7.84. The van der Waals surface area contributed by atoms with E-state index in [9.17, 15) is 4.79 Å². The molecule has 3 nitrogen and oxygen atoms in total. The van der Waals surface area contributed by atoms with Crippen molar-refractivity contribution in [1.82, 2.24) is 9.47 Å². The van der Waals surface area contributed by atoms with Gasteiger partial charge in [-0.2, -0.15) is 0 Å². The minimum atomic E-state index is -0.513. The predicted octanol–water partition coefficient (Wildman–Crippen LogP) is 4.85. The number of alkyl halides is 1. The van der Waals surface area contributed by atoms with Crippen LogP contribution in [0.15, 0.2) is 42.6 Å². The van der Waals surface area contributed by atoms with Crippen LogP contribution in [-0.2, 0) is 17.9 Å². The van der Waals surface area contributed by atoms with E-state index in [0.717, 1.165) is 12.2 Å². The van der Waals surface area contributed by atoms with Crippen LogP contribution in [0.3, 0.4) is 0 Å². The Morgan fingerprint density at radius 2 is 1.88 bits per heavy atom. The van der Waals surface area contributed by atoms with Crippen molar-refractivity contribution in [3.8, 4) is 0 Å². The molecule has 0 aliphatic carbocycles. The SMILES string of the molecule is Cc1cccc(Cn2cccc2CN(C(=O)C(C)Cl)C(C)C(C)C)c1. The second-order valence-electron chi connectivity index (χ2n) is 7.18. The zero-order valence-corrected chi connectivity index (χ0v) is 16.6. The topological polar surface area (TPSA) is 25.2 Å². The molecule has 0 bridgehead atoms. The van der Waals surface area contributed by atoms with Gasteiger partial charge in [0.1, 0.15) is 5.38 Å². The number of carbonyl (C=O) groups is 1. The summed E-state index contributed by atoms with van der Waals surface area (Å²) in [5, 5.41) is -0.513. The fourth-order valence-electron chi connectivity index (χ4n) is 2.94. The first-order valence-corrected chi connectivity index (χ1v) is 9.37. The summed E-state index contributed by atoms with van der Waals surface area (Å²) in [5.74, 6) is 0.366. The summed E-state index contributed by atoms with van der Waals surface area (Å²) < 4.78 is 2.21. The van der Waals surface area contributed by atoms with E-state index in [1.807, 2.05) is 11.0 Å². The Morgan fingerprint density at radius 1 is 1.16 bits per heavy atom. The van der Waals surface area contributed by atoms with Gasteiger partial charge in [0.25, 0.3) is 0 Å². The average molecular weight is 361 g/mol. The summed E-state index contributed by atoms with van der Waals surface area (Å²) in [6.07, 6.45) is 2.07. The number of carbonyl (C=O) groups excluding carboxylic acids is 1. The van der Waals surface area contributed by atoms with Gasteiger partial charge in [-0.3, -0.25) is 4.79 Å². The van der Waals surface area contributed by atoms with Crippen molar-refractivity contribution in [2.75, 3.05) is 0 Å². The molecule has 0 saturated carbocycles. The molecule has 4 heteroatoms. The van der Waals surface area contributed by atoms with Gasteiger partial charge in [0.15, 0.2) is 0 Å². The Hall–Kier alpha value is -1.74. The maximum Gasteiger partial charge on any atom is 0.240 e. The van der Waals surface area contributed by atoms with Crippen molar-refractivity contribution in [3.63, 3.8) is 0 Å². The quantitative estimate of drug-likeness (QED) is 0.648.